The van der Waals surface area contributed by atoms with Gasteiger partial charge in [-0.15, -0.1) is 11.3 Å². The summed E-state index contributed by atoms with van der Waals surface area (Å²) in [6, 6.07) is 13.4. The second kappa shape index (κ2) is 5.02. The van der Waals surface area contributed by atoms with Gasteiger partial charge in [-0.2, -0.15) is 4.89 Å². The van der Waals surface area contributed by atoms with Crippen molar-refractivity contribution in [2.45, 2.75) is 25.7 Å². The molecule has 0 amide bonds. The molecule has 2 atom stereocenters. The van der Waals surface area contributed by atoms with E-state index in [9.17, 15) is 5.11 Å². The molecule has 5 rings (SSSR count). The molecule has 2 fully saturated rings. The second-order valence-electron chi connectivity index (χ2n) is 7.22. The first-order valence-electron chi connectivity index (χ1n) is 8.17. The van der Waals surface area contributed by atoms with Crippen molar-refractivity contribution in [3.63, 3.8) is 0 Å². The number of ether oxygens (including phenoxy) is 1. The summed E-state index contributed by atoms with van der Waals surface area (Å²) in [5.41, 5.74) is 2.26. The maximum absolute atomic E-state index is 10.6. The molecule has 2 unspecified atom stereocenters. The normalized spacial score (nSPS) is 27.2. The smallest absolute Gasteiger partial charge is 0.258 e. The van der Waals surface area contributed by atoms with Crippen LogP contribution < -0.4 is 0 Å². The number of benzene rings is 2. The Bertz CT molecular complexity index is 949. The van der Waals surface area contributed by atoms with Gasteiger partial charge in [-0.05, 0) is 24.3 Å². The van der Waals surface area contributed by atoms with Crippen LogP contribution in [0.2, 0.25) is 0 Å². The molecular formula is C19H17NO4S. The Balaban J connectivity index is 1.55. The quantitative estimate of drug-likeness (QED) is 0.698. The fraction of sp³-hybridized carbons (Fsp3) is 0.316. The first-order chi connectivity index (χ1) is 12.0. The highest BCUT2D eigenvalue weighted by Crippen LogP contribution is 2.55. The minimum atomic E-state index is -0.924. The number of hydrogen-bond acceptors (Lipinski definition) is 6. The van der Waals surface area contributed by atoms with Gasteiger partial charge < -0.3 is 9.84 Å². The zero-order valence-electron chi connectivity index (χ0n) is 13.9. The largest absolute Gasteiger partial charge is 0.507 e. The van der Waals surface area contributed by atoms with Crippen LogP contribution in [0.25, 0.3) is 20.8 Å². The summed E-state index contributed by atoms with van der Waals surface area (Å²) in [5.74, 6) is -0.763. The van der Waals surface area contributed by atoms with Crippen molar-refractivity contribution >= 4 is 21.6 Å². The van der Waals surface area contributed by atoms with Crippen LogP contribution in [-0.4, -0.2) is 22.8 Å². The Labute approximate surface area is 148 Å². The molecule has 2 aliphatic heterocycles. The minimum absolute atomic E-state index is 0.139. The number of thiazole rings is 1. The molecular weight excluding hydrogens is 338 g/mol. The molecule has 0 bridgehead atoms. The highest BCUT2D eigenvalue weighted by atomic mass is 32.1. The van der Waals surface area contributed by atoms with Gasteiger partial charge in [0, 0.05) is 11.0 Å². The van der Waals surface area contributed by atoms with Crippen LogP contribution in [0.5, 0.6) is 5.75 Å². The molecule has 0 spiro atoms. The van der Waals surface area contributed by atoms with Gasteiger partial charge in [-0.25, -0.2) is 9.87 Å². The average Bonchev–Trinajstić information content (AvgIpc) is 3.04. The summed E-state index contributed by atoms with van der Waals surface area (Å²) in [6.45, 7) is 4.70. The Hall–Kier alpha value is -1.99. The molecule has 2 saturated heterocycles. The van der Waals surface area contributed by atoms with Gasteiger partial charge >= 0.3 is 0 Å². The van der Waals surface area contributed by atoms with Crippen LogP contribution in [0.15, 0.2) is 42.5 Å². The van der Waals surface area contributed by atoms with Crippen molar-refractivity contribution in [2.24, 2.45) is 5.41 Å². The molecule has 6 heteroatoms. The fourth-order valence-electron chi connectivity index (χ4n) is 3.50. The van der Waals surface area contributed by atoms with E-state index in [-0.39, 0.29) is 17.3 Å². The first kappa shape index (κ1) is 15.3. The van der Waals surface area contributed by atoms with E-state index in [1.807, 2.05) is 36.4 Å². The van der Waals surface area contributed by atoms with Gasteiger partial charge in [0.15, 0.2) is 6.10 Å². The Morgan fingerprint density at radius 2 is 2.04 bits per heavy atom. The SMILES string of the molecule is CC1(C)COC2(c3ccc(-c4nc5ccccc5s4)c(O)c3)OOC12. The topological polar surface area (TPSA) is 60.8 Å². The standard InChI is InChI=1S/C19H17NO4S/c1-18(2)10-22-19(17(18)23-24-19)11-7-8-12(14(21)9-11)16-20-13-5-3-4-6-15(13)25-16/h3-9,17,21H,10H2,1-2H3. The van der Waals surface area contributed by atoms with Gasteiger partial charge in [-0.3, -0.25) is 0 Å². The van der Waals surface area contributed by atoms with E-state index in [0.717, 1.165) is 20.8 Å². The summed E-state index contributed by atoms with van der Waals surface area (Å²) in [6.07, 6.45) is -0.187. The van der Waals surface area contributed by atoms with Crippen LogP contribution >= 0.6 is 11.3 Å². The van der Waals surface area contributed by atoms with Crippen molar-refractivity contribution < 1.29 is 19.6 Å². The number of phenolic OH excluding ortho intramolecular Hbond substituents is 1. The van der Waals surface area contributed by atoms with E-state index in [4.69, 9.17) is 14.5 Å². The van der Waals surface area contributed by atoms with Crippen LogP contribution in [0.1, 0.15) is 19.4 Å². The number of aromatic hydroxyl groups is 1. The summed E-state index contributed by atoms with van der Waals surface area (Å²) < 4.78 is 7.01. The Morgan fingerprint density at radius 3 is 2.72 bits per heavy atom. The molecule has 1 N–H and O–H groups in total. The minimum Gasteiger partial charge on any atom is -0.507 e. The fourth-order valence-corrected chi connectivity index (χ4v) is 4.50. The van der Waals surface area contributed by atoms with Gasteiger partial charge in [0.25, 0.3) is 5.79 Å². The zero-order valence-corrected chi connectivity index (χ0v) is 14.7. The van der Waals surface area contributed by atoms with Crippen molar-refractivity contribution in [3.05, 3.63) is 48.0 Å². The third kappa shape index (κ3) is 2.09. The third-order valence-corrected chi connectivity index (χ3v) is 5.98. The van der Waals surface area contributed by atoms with E-state index in [1.54, 1.807) is 17.4 Å². The monoisotopic (exact) mass is 355 g/mol. The van der Waals surface area contributed by atoms with Crippen LogP contribution in [-0.2, 0) is 20.3 Å². The maximum atomic E-state index is 10.6. The number of aromatic nitrogens is 1. The lowest BCUT2D eigenvalue weighted by Gasteiger charge is -2.44. The van der Waals surface area contributed by atoms with Crippen molar-refractivity contribution in [1.29, 1.82) is 0 Å². The summed E-state index contributed by atoms with van der Waals surface area (Å²) in [7, 11) is 0. The van der Waals surface area contributed by atoms with Crippen molar-refractivity contribution in [2.75, 3.05) is 6.61 Å². The molecule has 3 heterocycles. The molecule has 3 aromatic rings. The van der Waals surface area contributed by atoms with Gasteiger partial charge in [0.1, 0.15) is 10.8 Å². The highest BCUT2D eigenvalue weighted by Gasteiger charge is 2.66. The molecule has 25 heavy (non-hydrogen) atoms. The first-order valence-corrected chi connectivity index (χ1v) is 8.99. The number of phenols is 1. The van der Waals surface area contributed by atoms with E-state index in [0.29, 0.717) is 12.2 Å². The molecule has 1 aromatic heterocycles. The lowest BCUT2D eigenvalue weighted by atomic mass is 9.82. The molecule has 5 nitrogen and oxygen atoms in total. The summed E-state index contributed by atoms with van der Waals surface area (Å²) in [5, 5.41) is 11.4. The number of fused-ring (bicyclic) bond motifs is 2. The van der Waals surface area contributed by atoms with E-state index < -0.39 is 5.79 Å². The van der Waals surface area contributed by atoms with E-state index in [1.165, 1.54) is 0 Å². The summed E-state index contributed by atoms with van der Waals surface area (Å²) in [4.78, 5) is 15.3. The van der Waals surface area contributed by atoms with Gasteiger partial charge in [-0.1, -0.05) is 32.0 Å². The maximum Gasteiger partial charge on any atom is 0.258 e. The molecule has 0 saturated carbocycles. The van der Waals surface area contributed by atoms with Crippen LogP contribution in [0, 0.1) is 5.41 Å². The number of para-hydroxylation sites is 1. The molecule has 0 aliphatic carbocycles. The van der Waals surface area contributed by atoms with E-state index in [2.05, 4.69) is 18.8 Å². The van der Waals surface area contributed by atoms with Crippen LogP contribution in [0.3, 0.4) is 0 Å². The second-order valence-corrected chi connectivity index (χ2v) is 8.25. The number of hydrogen-bond donors (Lipinski definition) is 1. The summed E-state index contributed by atoms with van der Waals surface area (Å²) >= 11 is 1.56. The Kier molecular flexibility index (Phi) is 3.07. The number of rotatable bonds is 2. The molecule has 2 aliphatic rings. The third-order valence-electron chi connectivity index (χ3n) is 4.91. The number of nitrogens with zero attached hydrogens (tertiary/aromatic N) is 1. The average molecular weight is 355 g/mol. The van der Waals surface area contributed by atoms with Crippen molar-refractivity contribution in [3.8, 4) is 16.3 Å². The van der Waals surface area contributed by atoms with Crippen LogP contribution in [0.4, 0.5) is 0 Å². The van der Waals surface area contributed by atoms with E-state index >= 15 is 0 Å². The molecule has 2 aromatic carbocycles. The highest BCUT2D eigenvalue weighted by molar-refractivity contribution is 7.21. The lowest BCUT2D eigenvalue weighted by Crippen LogP contribution is -2.55. The molecule has 0 radical (unpaired) electrons. The molecule has 128 valence electrons. The lowest BCUT2D eigenvalue weighted by molar-refractivity contribution is -0.568. The van der Waals surface area contributed by atoms with Gasteiger partial charge in [0.05, 0.1) is 22.4 Å². The van der Waals surface area contributed by atoms with Gasteiger partial charge in [0.2, 0.25) is 0 Å². The zero-order chi connectivity index (χ0) is 17.2. The Morgan fingerprint density at radius 1 is 1.20 bits per heavy atom. The predicted molar refractivity (Wildman–Crippen MR) is 94.1 cm³/mol. The van der Waals surface area contributed by atoms with Crippen molar-refractivity contribution in [1.82, 2.24) is 4.98 Å². The predicted octanol–water partition coefficient (Wildman–Crippen LogP) is 4.21.